The summed E-state index contributed by atoms with van der Waals surface area (Å²) < 4.78 is 5.39. The van der Waals surface area contributed by atoms with Gasteiger partial charge >= 0.3 is 0 Å². The lowest BCUT2D eigenvalue weighted by molar-refractivity contribution is -0.384. The number of hydrogen-bond acceptors (Lipinski definition) is 6. The summed E-state index contributed by atoms with van der Waals surface area (Å²) in [5.74, 6) is 0.997. The number of nitrogens with zero attached hydrogens (tertiary/aromatic N) is 3. The second-order valence-electron chi connectivity index (χ2n) is 5.42. The predicted octanol–water partition coefficient (Wildman–Crippen LogP) is 4.13. The normalized spacial score (nSPS) is 11.9. The molecule has 0 saturated carbocycles. The lowest BCUT2D eigenvalue weighted by Crippen LogP contribution is -2.06. The fourth-order valence-corrected chi connectivity index (χ4v) is 2.36. The van der Waals surface area contributed by atoms with Crippen LogP contribution in [0.15, 0.2) is 52.9 Å². The predicted molar refractivity (Wildman–Crippen MR) is 89.6 cm³/mol. The highest BCUT2D eigenvalue weighted by Gasteiger charge is 2.11. The van der Waals surface area contributed by atoms with Crippen LogP contribution in [0.3, 0.4) is 0 Å². The molecule has 0 radical (unpaired) electrons. The minimum Gasteiger partial charge on any atom is -0.421 e. The molecule has 1 atom stereocenters. The molecule has 7 heteroatoms. The number of nitro groups is 1. The molecule has 3 aromatic rings. The first-order chi connectivity index (χ1) is 11.5. The van der Waals surface area contributed by atoms with Gasteiger partial charge in [-0.1, -0.05) is 12.1 Å². The fraction of sp³-hybridized carbons (Fsp3) is 0.176. The van der Waals surface area contributed by atoms with Crippen molar-refractivity contribution in [3.05, 3.63) is 70.1 Å². The van der Waals surface area contributed by atoms with Crippen LogP contribution in [0.4, 0.5) is 11.4 Å². The summed E-state index contributed by atoms with van der Waals surface area (Å²) in [5, 5.41) is 22.0. The summed E-state index contributed by atoms with van der Waals surface area (Å²) >= 11 is 0. The molecule has 1 heterocycles. The molecule has 122 valence electrons. The van der Waals surface area contributed by atoms with E-state index in [0.29, 0.717) is 11.8 Å². The SMILES string of the molecule is Cc1nnc(-c2ccc(N[C@H](C)c3cccc([N+](=O)[O-])c3)cc2)o1. The third kappa shape index (κ3) is 3.40. The third-order valence-electron chi connectivity index (χ3n) is 3.62. The van der Waals surface area contributed by atoms with Crippen LogP contribution in [0.5, 0.6) is 0 Å². The number of non-ortho nitro benzene ring substituents is 1. The van der Waals surface area contributed by atoms with Gasteiger partial charge in [-0.3, -0.25) is 10.1 Å². The van der Waals surface area contributed by atoms with Gasteiger partial charge in [-0.15, -0.1) is 10.2 Å². The monoisotopic (exact) mass is 324 g/mol. The van der Waals surface area contributed by atoms with E-state index in [-0.39, 0.29) is 11.7 Å². The lowest BCUT2D eigenvalue weighted by atomic mass is 10.1. The summed E-state index contributed by atoms with van der Waals surface area (Å²) in [6.07, 6.45) is 0. The number of rotatable bonds is 5. The molecule has 0 unspecified atom stereocenters. The zero-order valence-corrected chi connectivity index (χ0v) is 13.3. The van der Waals surface area contributed by atoms with E-state index in [1.165, 1.54) is 6.07 Å². The molecular weight excluding hydrogens is 308 g/mol. The number of anilines is 1. The first-order valence-electron chi connectivity index (χ1n) is 7.44. The van der Waals surface area contributed by atoms with Gasteiger partial charge in [0, 0.05) is 36.3 Å². The van der Waals surface area contributed by atoms with Crippen molar-refractivity contribution >= 4 is 11.4 Å². The number of nitrogens with one attached hydrogen (secondary N) is 1. The summed E-state index contributed by atoms with van der Waals surface area (Å²) in [5.41, 5.74) is 2.67. The molecule has 1 N–H and O–H groups in total. The van der Waals surface area contributed by atoms with E-state index < -0.39 is 4.92 Å². The Morgan fingerprint density at radius 2 is 1.92 bits per heavy atom. The topological polar surface area (TPSA) is 94.1 Å². The molecular formula is C17H16N4O3. The average Bonchev–Trinajstić information content (AvgIpc) is 3.02. The van der Waals surface area contributed by atoms with Gasteiger partial charge in [0.2, 0.25) is 11.8 Å². The van der Waals surface area contributed by atoms with Gasteiger partial charge in [0.05, 0.1) is 4.92 Å². The summed E-state index contributed by atoms with van der Waals surface area (Å²) in [6.45, 7) is 3.70. The lowest BCUT2D eigenvalue weighted by Gasteiger charge is -2.15. The van der Waals surface area contributed by atoms with Gasteiger partial charge < -0.3 is 9.73 Å². The van der Waals surface area contributed by atoms with Crippen LogP contribution < -0.4 is 5.32 Å². The quantitative estimate of drug-likeness (QED) is 0.560. The minimum absolute atomic E-state index is 0.0681. The van der Waals surface area contributed by atoms with Gasteiger partial charge in [0.15, 0.2) is 0 Å². The van der Waals surface area contributed by atoms with Gasteiger partial charge in [-0.25, -0.2) is 0 Å². The Balaban J connectivity index is 1.73. The molecule has 24 heavy (non-hydrogen) atoms. The fourth-order valence-electron chi connectivity index (χ4n) is 2.36. The molecule has 7 nitrogen and oxygen atoms in total. The Morgan fingerprint density at radius 1 is 1.17 bits per heavy atom. The molecule has 0 bridgehead atoms. The number of benzene rings is 2. The highest BCUT2D eigenvalue weighted by Crippen LogP contribution is 2.25. The molecule has 0 amide bonds. The third-order valence-corrected chi connectivity index (χ3v) is 3.62. The zero-order chi connectivity index (χ0) is 17.1. The molecule has 2 aromatic carbocycles. The largest absolute Gasteiger partial charge is 0.421 e. The molecule has 0 fully saturated rings. The van der Waals surface area contributed by atoms with Crippen LogP contribution in [0.2, 0.25) is 0 Å². The van der Waals surface area contributed by atoms with Gasteiger partial charge in [-0.2, -0.15) is 0 Å². The Hall–Kier alpha value is -3.22. The maximum Gasteiger partial charge on any atom is 0.269 e. The number of aromatic nitrogens is 2. The smallest absolute Gasteiger partial charge is 0.269 e. The van der Waals surface area contributed by atoms with Crippen LogP contribution in [0, 0.1) is 17.0 Å². The Kier molecular flexibility index (Phi) is 4.24. The van der Waals surface area contributed by atoms with Crippen molar-refractivity contribution in [3.63, 3.8) is 0 Å². The number of nitro benzene ring substituents is 1. The van der Waals surface area contributed by atoms with Crippen LogP contribution in [-0.4, -0.2) is 15.1 Å². The Labute approximate surface area is 138 Å². The number of hydrogen-bond donors (Lipinski definition) is 1. The second-order valence-corrected chi connectivity index (χ2v) is 5.42. The molecule has 0 saturated heterocycles. The van der Waals surface area contributed by atoms with Crippen molar-refractivity contribution in [2.45, 2.75) is 19.9 Å². The van der Waals surface area contributed by atoms with Crippen LogP contribution in [-0.2, 0) is 0 Å². The van der Waals surface area contributed by atoms with Crippen molar-refractivity contribution in [2.24, 2.45) is 0 Å². The molecule has 0 aliphatic carbocycles. The first kappa shape index (κ1) is 15.7. The molecule has 0 aliphatic rings. The summed E-state index contributed by atoms with van der Waals surface area (Å²) in [7, 11) is 0. The molecule has 3 rings (SSSR count). The molecule has 1 aromatic heterocycles. The van der Waals surface area contributed by atoms with Crippen molar-refractivity contribution in [1.29, 1.82) is 0 Å². The van der Waals surface area contributed by atoms with Crippen LogP contribution in [0.25, 0.3) is 11.5 Å². The van der Waals surface area contributed by atoms with E-state index in [2.05, 4.69) is 15.5 Å². The van der Waals surface area contributed by atoms with E-state index in [9.17, 15) is 10.1 Å². The van der Waals surface area contributed by atoms with Crippen LogP contribution in [0.1, 0.15) is 24.4 Å². The van der Waals surface area contributed by atoms with Crippen molar-refractivity contribution < 1.29 is 9.34 Å². The average molecular weight is 324 g/mol. The molecule has 0 spiro atoms. The van der Waals surface area contributed by atoms with Crippen molar-refractivity contribution in [1.82, 2.24) is 10.2 Å². The highest BCUT2D eigenvalue weighted by atomic mass is 16.6. The van der Waals surface area contributed by atoms with E-state index in [0.717, 1.165) is 16.8 Å². The van der Waals surface area contributed by atoms with Crippen molar-refractivity contribution in [3.8, 4) is 11.5 Å². The van der Waals surface area contributed by atoms with E-state index >= 15 is 0 Å². The van der Waals surface area contributed by atoms with E-state index in [1.54, 1.807) is 19.1 Å². The summed E-state index contributed by atoms with van der Waals surface area (Å²) in [6, 6.07) is 14.1. The van der Waals surface area contributed by atoms with Gasteiger partial charge in [0.1, 0.15) is 0 Å². The summed E-state index contributed by atoms with van der Waals surface area (Å²) in [4.78, 5) is 10.5. The number of aryl methyl sites for hydroxylation is 1. The van der Waals surface area contributed by atoms with E-state index in [4.69, 9.17) is 4.42 Å². The Bertz CT molecular complexity index is 858. The standard InChI is InChI=1S/C17H16N4O3/c1-11(14-4-3-5-16(10-14)21(22)23)18-15-8-6-13(7-9-15)17-20-19-12(2)24-17/h3-11,18H,1-2H3/t11-/m1/s1. The van der Waals surface area contributed by atoms with E-state index in [1.807, 2.05) is 37.3 Å². The van der Waals surface area contributed by atoms with Gasteiger partial charge in [-0.05, 0) is 36.8 Å². The van der Waals surface area contributed by atoms with Gasteiger partial charge in [0.25, 0.3) is 5.69 Å². The first-order valence-corrected chi connectivity index (χ1v) is 7.44. The second kappa shape index (κ2) is 6.49. The maximum absolute atomic E-state index is 10.9. The van der Waals surface area contributed by atoms with Crippen molar-refractivity contribution in [2.75, 3.05) is 5.32 Å². The molecule has 0 aliphatic heterocycles. The Morgan fingerprint density at radius 3 is 2.54 bits per heavy atom. The maximum atomic E-state index is 10.9. The zero-order valence-electron chi connectivity index (χ0n) is 13.3. The van der Waals surface area contributed by atoms with Crippen LogP contribution >= 0.6 is 0 Å². The minimum atomic E-state index is -0.391. The highest BCUT2D eigenvalue weighted by molar-refractivity contribution is 5.58.